The molecule has 0 saturated carbocycles. The molecule has 0 amide bonds. The van der Waals surface area contributed by atoms with Crippen molar-refractivity contribution in [2.24, 2.45) is 0 Å². The molecule has 0 aliphatic carbocycles. The van der Waals surface area contributed by atoms with Crippen molar-refractivity contribution in [3.63, 3.8) is 0 Å². The molecule has 0 rings (SSSR count). The van der Waals surface area contributed by atoms with Gasteiger partial charge >= 0.3 is 0 Å². The van der Waals surface area contributed by atoms with Gasteiger partial charge in [-0.25, -0.2) is 0 Å². The molecule has 0 aromatic carbocycles. The quantitative estimate of drug-likeness (QED) is 0.570. The molecule has 68 valence electrons. The highest BCUT2D eigenvalue weighted by molar-refractivity contribution is 5.29. The molecule has 0 aromatic rings. The monoisotopic (exact) mass is 166 g/mol. The molecule has 0 unspecified atom stereocenters. The molecule has 0 aromatic heterocycles. The van der Waals surface area contributed by atoms with Crippen LogP contribution >= 0.6 is 0 Å². The Morgan fingerprint density at radius 1 is 1.42 bits per heavy atom. The van der Waals surface area contributed by atoms with Crippen molar-refractivity contribution in [2.75, 3.05) is 13.7 Å². The van der Waals surface area contributed by atoms with E-state index in [1.54, 1.807) is 7.11 Å². The highest BCUT2D eigenvalue weighted by Gasteiger charge is 1.92. The Balaban J connectivity index is 4.34. The van der Waals surface area contributed by atoms with E-state index in [2.05, 4.69) is 25.7 Å². The minimum absolute atomic E-state index is 0.640. The van der Waals surface area contributed by atoms with Crippen molar-refractivity contribution in [1.29, 1.82) is 0 Å². The van der Waals surface area contributed by atoms with Crippen LogP contribution in [0.15, 0.2) is 36.0 Å². The lowest BCUT2D eigenvalue weighted by Gasteiger charge is -2.01. The van der Waals surface area contributed by atoms with Crippen LogP contribution in [-0.4, -0.2) is 13.7 Å². The maximum absolute atomic E-state index is 5.02. The largest absolute Gasteiger partial charge is 0.380 e. The van der Waals surface area contributed by atoms with Gasteiger partial charge in [-0.2, -0.15) is 0 Å². The van der Waals surface area contributed by atoms with Crippen LogP contribution in [0.4, 0.5) is 0 Å². The van der Waals surface area contributed by atoms with Gasteiger partial charge in [-0.3, -0.25) is 0 Å². The third-order valence-corrected chi connectivity index (χ3v) is 1.72. The standard InChI is InChI=1S/C11H18O/c1-5-10(6-2)8-11(7-3)9-12-4/h5,7-8H,3,6,9H2,1-2,4H3/b10-5-,11-8+. The van der Waals surface area contributed by atoms with Crippen molar-refractivity contribution in [3.8, 4) is 0 Å². The van der Waals surface area contributed by atoms with E-state index in [-0.39, 0.29) is 0 Å². The number of hydrogen-bond donors (Lipinski definition) is 0. The Hall–Kier alpha value is -0.820. The van der Waals surface area contributed by atoms with Gasteiger partial charge in [0.15, 0.2) is 0 Å². The second-order valence-corrected chi connectivity index (χ2v) is 2.57. The molecule has 0 aliphatic rings. The van der Waals surface area contributed by atoms with Crippen LogP contribution in [0.1, 0.15) is 20.3 Å². The van der Waals surface area contributed by atoms with Crippen molar-refractivity contribution >= 4 is 0 Å². The van der Waals surface area contributed by atoms with E-state index in [4.69, 9.17) is 4.74 Å². The van der Waals surface area contributed by atoms with Gasteiger partial charge in [-0.1, -0.05) is 37.3 Å². The van der Waals surface area contributed by atoms with Crippen molar-refractivity contribution < 1.29 is 4.74 Å². The lowest BCUT2D eigenvalue weighted by atomic mass is 10.1. The average Bonchev–Trinajstić information content (AvgIpc) is 2.12. The second kappa shape index (κ2) is 6.86. The molecule has 0 saturated heterocycles. The van der Waals surface area contributed by atoms with Crippen LogP contribution in [0, 0.1) is 0 Å². The van der Waals surface area contributed by atoms with Gasteiger partial charge in [0.25, 0.3) is 0 Å². The first-order valence-electron chi connectivity index (χ1n) is 4.25. The summed E-state index contributed by atoms with van der Waals surface area (Å²) in [5.74, 6) is 0. The molecular formula is C11H18O. The lowest BCUT2D eigenvalue weighted by molar-refractivity contribution is 0.228. The summed E-state index contributed by atoms with van der Waals surface area (Å²) >= 11 is 0. The molecule has 0 radical (unpaired) electrons. The van der Waals surface area contributed by atoms with Crippen LogP contribution in [0.5, 0.6) is 0 Å². The van der Waals surface area contributed by atoms with Gasteiger partial charge in [-0.05, 0) is 18.9 Å². The Labute approximate surface area is 75.4 Å². The van der Waals surface area contributed by atoms with E-state index < -0.39 is 0 Å². The molecule has 0 heterocycles. The normalized spacial score (nSPS) is 13.2. The number of allylic oxidation sites excluding steroid dienone is 3. The summed E-state index contributed by atoms with van der Waals surface area (Å²) in [6.07, 6.45) is 7.12. The zero-order chi connectivity index (χ0) is 9.40. The Bertz CT molecular complexity index is 187. The molecule has 0 aliphatic heterocycles. The minimum atomic E-state index is 0.640. The fourth-order valence-electron chi connectivity index (χ4n) is 0.954. The fraction of sp³-hybridized carbons (Fsp3) is 0.455. The maximum Gasteiger partial charge on any atom is 0.0712 e. The van der Waals surface area contributed by atoms with Crippen molar-refractivity contribution in [2.45, 2.75) is 20.3 Å². The molecule has 1 nitrogen and oxygen atoms in total. The summed E-state index contributed by atoms with van der Waals surface area (Å²) in [6.45, 7) is 8.55. The van der Waals surface area contributed by atoms with Crippen molar-refractivity contribution in [3.05, 3.63) is 36.0 Å². The molecule has 0 bridgehead atoms. The van der Waals surface area contributed by atoms with E-state index in [1.807, 2.05) is 13.0 Å². The molecule has 12 heavy (non-hydrogen) atoms. The summed E-state index contributed by atoms with van der Waals surface area (Å²) in [5, 5.41) is 0. The first kappa shape index (κ1) is 11.2. The van der Waals surface area contributed by atoms with Gasteiger partial charge < -0.3 is 4.74 Å². The topological polar surface area (TPSA) is 9.23 Å². The highest BCUT2D eigenvalue weighted by atomic mass is 16.5. The Morgan fingerprint density at radius 2 is 2.08 bits per heavy atom. The summed E-state index contributed by atoms with van der Waals surface area (Å²) in [7, 11) is 1.69. The summed E-state index contributed by atoms with van der Waals surface area (Å²) in [4.78, 5) is 0. The number of ether oxygens (including phenoxy) is 1. The third-order valence-electron chi connectivity index (χ3n) is 1.72. The summed E-state index contributed by atoms with van der Waals surface area (Å²) in [6, 6.07) is 0. The van der Waals surface area contributed by atoms with Crippen LogP contribution in [0.3, 0.4) is 0 Å². The first-order valence-corrected chi connectivity index (χ1v) is 4.25. The van der Waals surface area contributed by atoms with Gasteiger partial charge in [0, 0.05) is 7.11 Å². The first-order chi connectivity index (χ1) is 5.78. The molecular weight excluding hydrogens is 148 g/mol. The molecule has 0 N–H and O–H groups in total. The predicted molar refractivity (Wildman–Crippen MR) is 54.2 cm³/mol. The lowest BCUT2D eigenvalue weighted by Crippen LogP contribution is -1.91. The SMILES string of the molecule is C=C/C(=C\C(=C/C)CC)COC. The molecule has 1 heteroatoms. The predicted octanol–water partition coefficient (Wildman–Crippen LogP) is 3.10. The average molecular weight is 166 g/mol. The Kier molecular flexibility index (Phi) is 6.39. The van der Waals surface area contributed by atoms with Crippen LogP contribution in [0.2, 0.25) is 0 Å². The summed E-state index contributed by atoms with van der Waals surface area (Å²) in [5.41, 5.74) is 2.45. The highest BCUT2D eigenvalue weighted by Crippen LogP contribution is 2.07. The van der Waals surface area contributed by atoms with Crippen molar-refractivity contribution in [1.82, 2.24) is 0 Å². The summed E-state index contributed by atoms with van der Waals surface area (Å²) < 4.78 is 5.02. The van der Waals surface area contributed by atoms with E-state index in [0.717, 1.165) is 12.0 Å². The molecule has 0 fully saturated rings. The van der Waals surface area contributed by atoms with E-state index in [9.17, 15) is 0 Å². The second-order valence-electron chi connectivity index (χ2n) is 2.57. The zero-order valence-corrected chi connectivity index (χ0v) is 8.26. The number of rotatable bonds is 5. The van der Waals surface area contributed by atoms with E-state index in [0.29, 0.717) is 6.61 Å². The van der Waals surface area contributed by atoms with Crippen LogP contribution in [-0.2, 0) is 4.74 Å². The van der Waals surface area contributed by atoms with Crippen LogP contribution in [0.25, 0.3) is 0 Å². The minimum Gasteiger partial charge on any atom is -0.380 e. The van der Waals surface area contributed by atoms with Gasteiger partial charge in [0.2, 0.25) is 0 Å². The zero-order valence-electron chi connectivity index (χ0n) is 8.26. The Morgan fingerprint density at radius 3 is 2.42 bits per heavy atom. The van der Waals surface area contributed by atoms with E-state index >= 15 is 0 Å². The molecule has 0 spiro atoms. The van der Waals surface area contributed by atoms with Crippen LogP contribution < -0.4 is 0 Å². The number of hydrogen-bond acceptors (Lipinski definition) is 1. The van der Waals surface area contributed by atoms with Gasteiger partial charge in [-0.15, -0.1) is 0 Å². The van der Waals surface area contributed by atoms with E-state index in [1.165, 1.54) is 5.57 Å². The molecule has 0 atom stereocenters. The smallest absolute Gasteiger partial charge is 0.0712 e. The maximum atomic E-state index is 5.02. The number of methoxy groups -OCH3 is 1. The third kappa shape index (κ3) is 4.14. The van der Waals surface area contributed by atoms with Gasteiger partial charge in [0.05, 0.1) is 6.61 Å². The van der Waals surface area contributed by atoms with Gasteiger partial charge in [0.1, 0.15) is 0 Å². The fourth-order valence-corrected chi connectivity index (χ4v) is 0.954.